The van der Waals surface area contributed by atoms with E-state index >= 15 is 0 Å². The van der Waals surface area contributed by atoms with Gasteiger partial charge in [-0.05, 0) is 70.6 Å². The SMILES string of the molecule is CCCCC/C=C\C/C=C\C/C=C\C/C=C\CCCCCC(=O)OC(CCCCCCCCCCCC)CC(=O)NC(CO)C(O)CCCCCCCCCCCC. The first-order chi connectivity index (χ1) is 28.5. The molecule has 0 aromatic rings. The van der Waals surface area contributed by atoms with Crippen molar-refractivity contribution >= 4 is 11.9 Å². The number of allylic oxidation sites excluding steroid dienone is 8. The van der Waals surface area contributed by atoms with Crippen LogP contribution in [-0.2, 0) is 14.3 Å². The second-order valence-electron chi connectivity index (χ2n) is 16.9. The highest BCUT2D eigenvalue weighted by atomic mass is 16.5. The fourth-order valence-electron chi connectivity index (χ4n) is 7.35. The fraction of sp³-hybridized carbons (Fsp3) is 0.808. The van der Waals surface area contributed by atoms with Crippen LogP contribution in [0.2, 0.25) is 0 Å². The van der Waals surface area contributed by atoms with Gasteiger partial charge in [-0.3, -0.25) is 9.59 Å². The number of hydrogen-bond donors (Lipinski definition) is 3. The molecule has 0 spiro atoms. The lowest BCUT2D eigenvalue weighted by Crippen LogP contribution is -2.46. The van der Waals surface area contributed by atoms with E-state index in [1.165, 1.54) is 116 Å². The molecule has 0 rings (SSSR count). The molecule has 0 bridgehead atoms. The van der Waals surface area contributed by atoms with Crippen molar-refractivity contribution in [2.45, 2.75) is 264 Å². The Hall–Kier alpha value is -2.18. The molecule has 1 amide bonds. The Balaban J connectivity index is 4.55. The Morgan fingerprint density at radius 1 is 0.500 bits per heavy atom. The fourth-order valence-corrected chi connectivity index (χ4v) is 7.35. The van der Waals surface area contributed by atoms with Gasteiger partial charge >= 0.3 is 5.97 Å². The first kappa shape index (κ1) is 55.8. The monoisotopic (exact) mass is 814 g/mol. The van der Waals surface area contributed by atoms with E-state index in [2.05, 4.69) is 74.7 Å². The van der Waals surface area contributed by atoms with Crippen LogP contribution in [0.5, 0.6) is 0 Å². The second kappa shape index (κ2) is 45.9. The second-order valence-corrected chi connectivity index (χ2v) is 16.9. The molecule has 0 heterocycles. The van der Waals surface area contributed by atoms with Gasteiger partial charge in [0.25, 0.3) is 0 Å². The van der Waals surface area contributed by atoms with Gasteiger partial charge in [0.15, 0.2) is 0 Å². The predicted octanol–water partition coefficient (Wildman–Crippen LogP) is 14.7. The highest BCUT2D eigenvalue weighted by Gasteiger charge is 2.24. The van der Waals surface area contributed by atoms with E-state index in [1.807, 2.05) is 0 Å². The lowest BCUT2D eigenvalue weighted by Gasteiger charge is -2.24. The van der Waals surface area contributed by atoms with Gasteiger partial charge < -0.3 is 20.3 Å². The van der Waals surface area contributed by atoms with Gasteiger partial charge in [0, 0.05) is 6.42 Å². The molecule has 0 fully saturated rings. The highest BCUT2D eigenvalue weighted by molar-refractivity contribution is 5.77. The number of hydrogen-bond acceptors (Lipinski definition) is 5. The Labute approximate surface area is 359 Å². The molecule has 0 aliphatic heterocycles. The first-order valence-electron chi connectivity index (χ1n) is 24.9. The third-order valence-corrected chi connectivity index (χ3v) is 11.2. The molecule has 0 saturated carbocycles. The first-order valence-corrected chi connectivity index (χ1v) is 24.9. The van der Waals surface area contributed by atoms with Crippen molar-refractivity contribution < 1.29 is 24.5 Å². The number of carbonyl (C=O) groups excluding carboxylic acids is 2. The summed E-state index contributed by atoms with van der Waals surface area (Å²) in [6, 6.07) is -0.704. The van der Waals surface area contributed by atoms with Gasteiger partial charge in [-0.15, -0.1) is 0 Å². The molecule has 0 aliphatic carbocycles. The standard InChI is InChI=1S/C52H95NO5/c1-4-7-10-13-16-19-22-23-24-25-26-27-28-29-30-33-36-39-42-45-52(57)58-48(43-40-37-34-31-20-17-14-11-8-5-2)46-51(56)53-49(47-54)50(55)44-41-38-35-32-21-18-15-12-9-6-3/h16,19,23-24,26-27,29-30,48-50,54-55H,4-15,17-18,20-22,25,28,31-47H2,1-3H3,(H,53,56)/b19-16-,24-23-,27-26-,30-29-. The summed E-state index contributed by atoms with van der Waals surface area (Å²) in [5, 5.41) is 23.6. The molecule has 3 atom stereocenters. The number of esters is 1. The molecule has 0 saturated heterocycles. The summed E-state index contributed by atoms with van der Waals surface area (Å²) in [7, 11) is 0. The predicted molar refractivity (Wildman–Crippen MR) is 250 cm³/mol. The zero-order valence-corrected chi connectivity index (χ0v) is 38.4. The van der Waals surface area contributed by atoms with Crippen LogP contribution < -0.4 is 5.32 Å². The Morgan fingerprint density at radius 3 is 1.34 bits per heavy atom. The maximum atomic E-state index is 13.1. The van der Waals surface area contributed by atoms with Gasteiger partial charge in [-0.1, -0.05) is 211 Å². The summed E-state index contributed by atoms with van der Waals surface area (Å²) in [4.78, 5) is 26.0. The Morgan fingerprint density at radius 2 is 0.879 bits per heavy atom. The average molecular weight is 814 g/mol. The molecule has 6 nitrogen and oxygen atoms in total. The number of aliphatic hydroxyl groups is 2. The minimum atomic E-state index is -0.790. The van der Waals surface area contributed by atoms with Crippen LogP contribution in [0.4, 0.5) is 0 Å². The lowest BCUT2D eigenvalue weighted by molar-refractivity contribution is -0.151. The minimum Gasteiger partial charge on any atom is -0.462 e. The van der Waals surface area contributed by atoms with Gasteiger partial charge in [-0.25, -0.2) is 0 Å². The van der Waals surface area contributed by atoms with Crippen molar-refractivity contribution in [3.8, 4) is 0 Å². The van der Waals surface area contributed by atoms with Crippen LogP contribution in [-0.4, -0.2) is 46.9 Å². The Kier molecular flexibility index (Phi) is 44.2. The van der Waals surface area contributed by atoms with Crippen LogP contribution in [0.25, 0.3) is 0 Å². The van der Waals surface area contributed by atoms with Crippen molar-refractivity contribution in [2.75, 3.05) is 6.61 Å². The van der Waals surface area contributed by atoms with Crippen LogP contribution in [0.3, 0.4) is 0 Å². The quantitative estimate of drug-likeness (QED) is 0.0323. The van der Waals surface area contributed by atoms with E-state index in [9.17, 15) is 19.8 Å². The van der Waals surface area contributed by atoms with Gasteiger partial charge in [0.1, 0.15) is 6.10 Å². The smallest absolute Gasteiger partial charge is 0.306 e. The summed E-state index contributed by atoms with van der Waals surface area (Å²) in [6.45, 7) is 6.42. The van der Waals surface area contributed by atoms with Crippen LogP contribution in [0.15, 0.2) is 48.6 Å². The number of nitrogens with one attached hydrogen (secondary N) is 1. The van der Waals surface area contributed by atoms with E-state index in [0.717, 1.165) is 83.5 Å². The van der Waals surface area contributed by atoms with Crippen LogP contribution >= 0.6 is 0 Å². The van der Waals surface area contributed by atoms with E-state index in [0.29, 0.717) is 19.3 Å². The number of ether oxygens (including phenoxy) is 1. The number of aliphatic hydroxyl groups excluding tert-OH is 2. The van der Waals surface area contributed by atoms with Gasteiger partial charge in [-0.2, -0.15) is 0 Å². The molecular weight excluding hydrogens is 719 g/mol. The van der Waals surface area contributed by atoms with Crippen molar-refractivity contribution in [1.29, 1.82) is 0 Å². The molecule has 6 heteroatoms. The lowest BCUT2D eigenvalue weighted by atomic mass is 10.0. The molecule has 0 radical (unpaired) electrons. The van der Waals surface area contributed by atoms with E-state index in [4.69, 9.17) is 4.74 Å². The summed E-state index contributed by atoms with van der Waals surface area (Å²) in [5.41, 5.74) is 0. The molecule has 0 aromatic heterocycles. The van der Waals surface area contributed by atoms with Crippen molar-refractivity contribution in [1.82, 2.24) is 5.32 Å². The molecular formula is C52H95NO5. The third kappa shape index (κ3) is 40.6. The molecule has 3 N–H and O–H groups in total. The molecule has 3 unspecified atom stereocenters. The van der Waals surface area contributed by atoms with Gasteiger partial charge in [0.05, 0.1) is 25.2 Å². The summed E-state index contributed by atoms with van der Waals surface area (Å²) in [5.74, 6) is -0.507. The molecule has 58 heavy (non-hydrogen) atoms. The number of rotatable bonds is 44. The average Bonchev–Trinajstić information content (AvgIpc) is 3.22. The number of unbranched alkanes of at least 4 members (excludes halogenated alkanes) is 24. The van der Waals surface area contributed by atoms with Gasteiger partial charge in [0.2, 0.25) is 5.91 Å². The largest absolute Gasteiger partial charge is 0.462 e. The van der Waals surface area contributed by atoms with Crippen molar-refractivity contribution in [3.05, 3.63) is 48.6 Å². The van der Waals surface area contributed by atoms with E-state index in [1.54, 1.807) is 0 Å². The van der Waals surface area contributed by atoms with Crippen LogP contribution in [0.1, 0.15) is 245 Å². The molecule has 0 aromatic carbocycles. The zero-order chi connectivity index (χ0) is 42.4. The topological polar surface area (TPSA) is 95.9 Å². The molecule has 0 aliphatic rings. The summed E-state index contributed by atoms with van der Waals surface area (Å²) in [6.07, 6.45) is 54.6. The van der Waals surface area contributed by atoms with Crippen molar-refractivity contribution in [3.63, 3.8) is 0 Å². The molecule has 338 valence electrons. The highest BCUT2D eigenvalue weighted by Crippen LogP contribution is 2.17. The maximum absolute atomic E-state index is 13.1. The maximum Gasteiger partial charge on any atom is 0.306 e. The normalized spacial score (nSPS) is 13.7. The van der Waals surface area contributed by atoms with Crippen LogP contribution in [0, 0.1) is 0 Å². The number of carbonyl (C=O) groups is 2. The zero-order valence-electron chi connectivity index (χ0n) is 38.4. The van der Waals surface area contributed by atoms with Crippen molar-refractivity contribution in [2.24, 2.45) is 0 Å². The third-order valence-electron chi connectivity index (χ3n) is 11.2. The Bertz CT molecular complexity index is 1000. The minimum absolute atomic E-state index is 0.0662. The van der Waals surface area contributed by atoms with E-state index < -0.39 is 18.2 Å². The summed E-state index contributed by atoms with van der Waals surface area (Å²) >= 11 is 0. The number of amides is 1. The van der Waals surface area contributed by atoms with E-state index in [-0.39, 0.29) is 24.9 Å². The summed E-state index contributed by atoms with van der Waals surface area (Å²) < 4.78 is 5.90.